The second-order valence-electron chi connectivity index (χ2n) is 10.8. The van der Waals surface area contributed by atoms with Crippen molar-refractivity contribution < 1.29 is 19.0 Å². The highest BCUT2D eigenvalue weighted by Gasteiger charge is 2.31. The first-order valence-electron chi connectivity index (χ1n) is 15.2. The Hall–Kier alpha value is -5.15. The normalized spacial score (nSPS) is 14.3. The molecular formula is C37H35N3O5S. The summed E-state index contributed by atoms with van der Waals surface area (Å²) in [5, 5.41) is 0. The van der Waals surface area contributed by atoms with Crippen LogP contribution in [0.25, 0.3) is 22.9 Å². The lowest BCUT2D eigenvalue weighted by molar-refractivity contribution is -0.136. The maximum absolute atomic E-state index is 14.1. The molecular weight excluding hydrogens is 598 g/mol. The van der Waals surface area contributed by atoms with Crippen molar-refractivity contribution in [3.63, 3.8) is 0 Å². The summed E-state index contributed by atoms with van der Waals surface area (Å²) in [5.74, 6) is 0.570. The summed E-state index contributed by atoms with van der Waals surface area (Å²) < 4.78 is 21.0. The topological polar surface area (TPSA) is 84.0 Å². The number of methoxy groups -OCH3 is 1. The Balaban J connectivity index is 1.42. The molecule has 5 aromatic rings. The minimum Gasteiger partial charge on any atom is -0.490 e. The molecule has 6 rings (SSSR count). The van der Waals surface area contributed by atoms with Crippen LogP contribution in [0, 0.1) is 13.8 Å². The molecule has 0 spiro atoms. The van der Waals surface area contributed by atoms with E-state index in [0.717, 1.165) is 28.2 Å². The third-order valence-corrected chi connectivity index (χ3v) is 8.99. The summed E-state index contributed by atoms with van der Waals surface area (Å²) in [4.78, 5) is 32.1. The highest BCUT2D eigenvalue weighted by molar-refractivity contribution is 7.07. The Morgan fingerprint density at radius 2 is 1.61 bits per heavy atom. The molecule has 0 bridgehead atoms. The van der Waals surface area contributed by atoms with Gasteiger partial charge in [0, 0.05) is 23.3 Å². The number of nitrogens with zero attached hydrogens (tertiary/aromatic N) is 3. The van der Waals surface area contributed by atoms with Gasteiger partial charge in [0.05, 0.1) is 36.5 Å². The minimum atomic E-state index is -0.753. The van der Waals surface area contributed by atoms with Gasteiger partial charge in [-0.25, -0.2) is 9.79 Å². The number of carbonyl (C=O) groups excluding carboxylic acids is 1. The molecule has 0 unspecified atom stereocenters. The number of aryl methyl sites for hydroxylation is 1. The fraction of sp³-hybridized carbons (Fsp3) is 0.216. The van der Waals surface area contributed by atoms with Gasteiger partial charge in [0.2, 0.25) is 0 Å². The van der Waals surface area contributed by atoms with Crippen LogP contribution in [0.4, 0.5) is 0 Å². The second kappa shape index (κ2) is 13.1. The summed E-state index contributed by atoms with van der Waals surface area (Å²) in [7, 11) is 1.32. The monoisotopic (exact) mass is 633 g/mol. The van der Waals surface area contributed by atoms with Crippen molar-refractivity contribution >= 4 is 23.4 Å². The molecule has 9 heteroatoms. The molecule has 1 atom stereocenters. The zero-order chi connectivity index (χ0) is 32.4. The van der Waals surface area contributed by atoms with Crippen LogP contribution in [0.2, 0.25) is 0 Å². The van der Waals surface area contributed by atoms with Crippen molar-refractivity contribution in [3.05, 3.63) is 133 Å². The Kier molecular flexibility index (Phi) is 8.76. The number of rotatable bonds is 9. The number of aromatic nitrogens is 2. The van der Waals surface area contributed by atoms with Gasteiger partial charge in [0.1, 0.15) is 0 Å². The van der Waals surface area contributed by atoms with Gasteiger partial charge < -0.3 is 18.8 Å². The van der Waals surface area contributed by atoms with Gasteiger partial charge >= 0.3 is 5.97 Å². The van der Waals surface area contributed by atoms with Crippen molar-refractivity contribution in [1.82, 2.24) is 9.13 Å². The predicted octanol–water partition coefficient (Wildman–Crippen LogP) is 5.89. The Morgan fingerprint density at radius 3 is 2.30 bits per heavy atom. The molecule has 0 saturated carbocycles. The predicted molar refractivity (Wildman–Crippen MR) is 181 cm³/mol. The van der Waals surface area contributed by atoms with Crippen LogP contribution in [0.5, 0.6) is 11.5 Å². The second-order valence-corrected chi connectivity index (χ2v) is 11.8. The quantitative estimate of drug-likeness (QED) is 0.189. The van der Waals surface area contributed by atoms with Crippen LogP contribution in [0.15, 0.2) is 100 Å². The number of esters is 1. The Bertz CT molecular complexity index is 2120. The van der Waals surface area contributed by atoms with Gasteiger partial charge in [-0.3, -0.25) is 9.36 Å². The first kappa shape index (κ1) is 30.9. The van der Waals surface area contributed by atoms with E-state index in [1.54, 1.807) is 10.6 Å². The van der Waals surface area contributed by atoms with Gasteiger partial charge in [-0.2, -0.15) is 0 Å². The number of thiazole rings is 1. The molecule has 0 amide bonds. The maximum Gasteiger partial charge on any atom is 0.337 e. The molecule has 1 aliphatic rings. The van der Waals surface area contributed by atoms with E-state index >= 15 is 0 Å². The van der Waals surface area contributed by atoms with Gasteiger partial charge in [-0.1, -0.05) is 59.9 Å². The van der Waals surface area contributed by atoms with Gasteiger partial charge in [0.15, 0.2) is 16.3 Å². The zero-order valence-electron chi connectivity index (χ0n) is 26.4. The van der Waals surface area contributed by atoms with E-state index in [1.165, 1.54) is 30.2 Å². The summed E-state index contributed by atoms with van der Waals surface area (Å²) >= 11 is 1.29. The van der Waals surface area contributed by atoms with E-state index in [1.807, 2.05) is 57.2 Å². The molecule has 234 valence electrons. The molecule has 3 heterocycles. The van der Waals surface area contributed by atoms with E-state index in [-0.39, 0.29) is 11.1 Å². The van der Waals surface area contributed by atoms with E-state index < -0.39 is 12.0 Å². The van der Waals surface area contributed by atoms with E-state index in [4.69, 9.17) is 14.2 Å². The van der Waals surface area contributed by atoms with Crippen LogP contribution < -0.4 is 24.4 Å². The van der Waals surface area contributed by atoms with Crippen LogP contribution in [-0.2, 0) is 9.53 Å². The average molecular weight is 634 g/mol. The fourth-order valence-electron chi connectivity index (χ4n) is 5.89. The fourth-order valence-corrected chi connectivity index (χ4v) is 6.85. The molecule has 46 heavy (non-hydrogen) atoms. The van der Waals surface area contributed by atoms with Crippen molar-refractivity contribution in [3.8, 4) is 28.3 Å². The largest absolute Gasteiger partial charge is 0.490 e. The van der Waals surface area contributed by atoms with Crippen LogP contribution in [0.3, 0.4) is 0 Å². The summed E-state index contributed by atoms with van der Waals surface area (Å²) in [6, 6.07) is 25.5. The van der Waals surface area contributed by atoms with E-state index in [9.17, 15) is 9.59 Å². The molecule has 0 saturated heterocycles. The third kappa shape index (κ3) is 5.70. The SMILES string of the molecule is CCOc1ccc([C@@H]2C(C(=O)OC)=CN=c3s/c(=C/c4cc(C)n(-c5ccc(-c6ccccc6)cc5)c4C)c(=O)n32)cc1OCC. The molecule has 1 aliphatic heterocycles. The maximum atomic E-state index is 14.1. The summed E-state index contributed by atoms with van der Waals surface area (Å²) in [5.41, 5.74) is 7.04. The lowest BCUT2D eigenvalue weighted by atomic mass is 9.97. The van der Waals surface area contributed by atoms with Crippen LogP contribution in [0.1, 0.15) is 42.4 Å². The van der Waals surface area contributed by atoms with E-state index in [2.05, 4.69) is 58.9 Å². The minimum absolute atomic E-state index is 0.243. The molecule has 3 aromatic carbocycles. The van der Waals surface area contributed by atoms with Gasteiger partial charge in [0.25, 0.3) is 5.56 Å². The first-order valence-corrected chi connectivity index (χ1v) is 16.0. The molecule has 0 radical (unpaired) electrons. The molecule has 0 fully saturated rings. The number of ether oxygens (including phenoxy) is 3. The summed E-state index contributed by atoms with van der Waals surface area (Å²) in [6.45, 7) is 8.81. The molecule has 2 aromatic heterocycles. The summed E-state index contributed by atoms with van der Waals surface area (Å²) in [6.07, 6.45) is 3.40. The molecule has 0 aliphatic carbocycles. The Morgan fingerprint density at radius 1 is 0.913 bits per heavy atom. The van der Waals surface area contributed by atoms with Crippen LogP contribution >= 0.6 is 11.3 Å². The van der Waals surface area contributed by atoms with Crippen molar-refractivity contribution in [2.24, 2.45) is 4.99 Å². The number of benzene rings is 3. The van der Waals surface area contributed by atoms with Gasteiger partial charge in [-0.15, -0.1) is 0 Å². The first-order chi connectivity index (χ1) is 22.3. The van der Waals surface area contributed by atoms with Crippen LogP contribution in [-0.4, -0.2) is 35.4 Å². The van der Waals surface area contributed by atoms with Crippen molar-refractivity contribution in [2.45, 2.75) is 33.7 Å². The standard InChI is InChI=1S/C37H35N3O5S/c1-6-44-31-18-15-27(20-32(31)45-7-2)34-30(36(42)43-5)22-38-37-40(34)35(41)33(46-37)21-28-19-23(3)39(24(28)4)29-16-13-26(14-17-29)25-11-9-8-10-12-25/h8-22,34H,6-7H2,1-5H3/b33-21+/t34-/m1/s1. The Labute approximate surface area is 271 Å². The van der Waals surface area contributed by atoms with Crippen molar-refractivity contribution in [2.75, 3.05) is 20.3 Å². The molecule has 0 N–H and O–H groups in total. The number of hydrogen-bond acceptors (Lipinski definition) is 7. The number of fused-ring (bicyclic) bond motifs is 1. The molecule has 8 nitrogen and oxygen atoms in total. The number of hydrogen-bond donors (Lipinski definition) is 0. The highest BCUT2D eigenvalue weighted by atomic mass is 32.1. The highest BCUT2D eigenvalue weighted by Crippen LogP contribution is 2.35. The van der Waals surface area contributed by atoms with Gasteiger partial charge in [-0.05, 0) is 86.4 Å². The number of carbonyl (C=O) groups is 1. The smallest absolute Gasteiger partial charge is 0.337 e. The lowest BCUT2D eigenvalue weighted by Gasteiger charge is -2.23. The zero-order valence-corrected chi connectivity index (χ0v) is 27.3. The average Bonchev–Trinajstić information content (AvgIpc) is 3.55. The van der Waals surface area contributed by atoms with Crippen molar-refractivity contribution in [1.29, 1.82) is 0 Å². The third-order valence-electron chi connectivity index (χ3n) is 8.00. The lowest BCUT2D eigenvalue weighted by Crippen LogP contribution is -2.39. The van der Waals surface area contributed by atoms with E-state index in [0.29, 0.717) is 39.6 Å².